The first kappa shape index (κ1) is 14.1. The van der Waals surface area contributed by atoms with E-state index < -0.39 is 0 Å². The van der Waals surface area contributed by atoms with Crippen molar-refractivity contribution in [3.8, 4) is 0 Å². The molecule has 0 saturated carbocycles. The van der Waals surface area contributed by atoms with Gasteiger partial charge in [-0.15, -0.1) is 0 Å². The summed E-state index contributed by atoms with van der Waals surface area (Å²) >= 11 is 0. The van der Waals surface area contributed by atoms with E-state index in [9.17, 15) is 0 Å². The van der Waals surface area contributed by atoms with E-state index in [0.717, 1.165) is 32.2 Å². The standard InChI is InChI=1S/C12H25N3/c1-6-10-12(5,11-7-2)15(9-4)14-13-8-3/h9H,4,6-8,10-11H2,1-3,5H3. The van der Waals surface area contributed by atoms with Crippen molar-refractivity contribution >= 4 is 0 Å². The lowest BCUT2D eigenvalue weighted by Crippen LogP contribution is -2.39. The van der Waals surface area contributed by atoms with E-state index in [4.69, 9.17) is 0 Å². The number of hydrogen-bond acceptors (Lipinski definition) is 2. The molecule has 0 saturated heterocycles. The summed E-state index contributed by atoms with van der Waals surface area (Å²) in [5.74, 6) is 0. The first-order valence-corrected chi connectivity index (χ1v) is 5.93. The molecule has 0 aliphatic rings. The lowest BCUT2D eigenvalue weighted by Gasteiger charge is -2.36. The van der Waals surface area contributed by atoms with E-state index in [1.807, 2.05) is 11.9 Å². The number of nitrogens with zero attached hydrogens (tertiary/aromatic N) is 3. The average Bonchev–Trinajstić information content (AvgIpc) is 2.19. The molecule has 0 N–H and O–H groups in total. The van der Waals surface area contributed by atoms with Crippen molar-refractivity contribution < 1.29 is 0 Å². The maximum atomic E-state index is 4.21. The van der Waals surface area contributed by atoms with Gasteiger partial charge in [0.2, 0.25) is 0 Å². The van der Waals surface area contributed by atoms with Crippen molar-refractivity contribution in [1.29, 1.82) is 0 Å². The largest absolute Gasteiger partial charge is 0.249 e. The summed E-state index contributed by atoms with van der Waals surface area (Å²) in [6, 6.07) is 0. The molecule has 0 aromatic rings. The van der Waals surface area contributed by atoms with Gasteiger partial charge in [0.25, 0.3) is 0 Å². The summed E-state index contributed by atoms with van der Waals surface area (Å²) in [7, 11) is 0. The summed E-state index contributed by atoms with van der Waals surface area (Å²) in [5.41, 5.74) is 0.0733. The van der Waals surface area contributed by atoms with Crippen molar-refractivity contribution in [3.05, 3.63) is 12.8 Å². The van der Waals surface area contributed by atoms with E-state index >= 15 is 0 Å². The molecule has 0 rings (SSSR count). The Morgan fingerprint density at radius 2 is 1.73 bits per heavy atom. The van der Waals surface area contributed by atoms with Gasteiger partial charge in [0.1, 0.15) is 0 Å². The highest BCUT2D eigenvalue weighted by atomic mass is 15.6. The van der Waals surface area contributed by atoms with Gasteiger partial charge in [0.05, 0.1) is 12.1 Å². The van der Waals surface area contributed by atoms with E-state index in [2.05, 4.69) is 37.7 Å². The smallest absolute Gasteiger partial charge is 0.0616 e. The molecule has 0 aromatic heterocycles. The Labute approximate surface area is 94.2 Å². The molecule has 0 amide bonds. The van der Waals surface area contributed by atoms with Gasteiger partial charge in [-0.1, -0.05) is 38.5 Å². The van der Waals surface area contributed by atoms with Gasteiger partial charge in [-0.25, -0.2) is 5.01 Å². The molecule has 0 fully saturated rings. The van der Waals surface area contributed by atoms with Crippen LogP contribution in [0.3, 0.4) is 0 Å². The van der Waals surface area contributed by atoms with Gasteiger partial charge in [-0.2, -0.15) is 5.11 Å². The Bertz CT molecular complexity index is 193. The van der Waals surface area contributed by atoms with E-state index in [-0.39, 0.29) is 5.54 Å². The summed E-state index contributed by atoms with van der Waals surface area (Å²) in [5, 5.41) is 10.2. The summed E-state index contributed by atoms with van der Waals surface area (Å²) in [6.07, 6.45) is 6.33. The maximum Gasteiger partial charge on any atom is 0.0616 e. The fraction of sp³-hybridized carbons (Fsp3) is 0.833. The van der Waals surface area contributed by atoms with Crippen LogP contribution in [0.2, 0.25) is 0 Å². The monoisotopic (exact) mass is 211 g/mol. The molecule has 3 heteroatoms. The third-order valence-electron chi connectivity index (χ3n) is 2.60. The maximum absolute atomic E-state index is 4.21. The van der Waals surface area contributed by atoms with Gasteiger partial charge in [-0.05, 0) is 26.7 Å². The molecular formula is C12H25N3. The highest BCUT2D eigenvalue weighted by molar-refractivity contribution is 4.88. The average molecular weight is 211 g/mol. The minimum Gasteiger partial charge on any atom is -0.249 e. The minimum absolute atomic E-state index is 0.0733. The van der Waals surface area contributed by atoms with Crippen molar-refractivity contribution in [1.82, 2.24) is 5.01 Å². The Kier molecular flexibility index (Phi) is 7.01. The van der Waals surface area contributed by atoms with Gasteiger partial charge in [0, 0.05) is 6.20 Å². The van der Waals surface area contributed by atoms with Crippen LogP contribution in [0.1, 0.15) is 53.4 Å². The number of rotatable bonds is 8. The van der Waals surface area contributed by atoms with Crippen LogP contribution in [0.25, 0.3) is 0 Å². The van der Waals surface area contributed by atoms with E-state index in [0.29, 0.717) is 0 Å². The predicted octanol–water partition coefficient (Wildman–Crippen LogP) is 4.18. The lowest BCUT2D eigenvalue weighted by atomic mass is 9.90. The zero-order chi connectivity index (χ0) is 11.7. The topological polar surface area (TPSA) is 28.0 Å². The van der Waals surface area contributed by atoms with Crippen LogP contribution in [0.15, 0.2) is 23.1 Å². The summed E-state index contributed by atoms with van der Waals surface area (Å²) in [4.78, 5) is 0. The fourth-order valence-electron chi connectivity index (χ4n) is 1.93. The summed E-state index contributed by atoms with van der Waals surface area (Å²) < 4.78 is 0. The quantitative estimate of drug-likeness (QED) is 0.437. The molecule has 0 atom stereocenters. The van der Waals surface area contributed by atoms with Gasteiger partial charge < -0.3 is 0 Å². The Morgan fingerprint density at radius 1 is 1.20 bits per heavy atom. The predicted molar refractivity (Wildman–Crippen MR) is 65.7 cm³/mol. The third-order valence-corrected chi connectivity index (χ3v) is 2.60. The molecule has 15 heavy (non-hydrogen) atoms. The van der Waals surface area contributed by atoms with Crippen LogP contribution in [-0.2, 0) is 0 Å². The van der Waals surface area contributed by atoms with Crippen LogP contribution < -0.4 is 0 Å². The molecule has 88 valence electrons. The van der Waals surface area contributed by atoms with Crippen LogP contribution in [-0.4, -0.2) is 17.1 Å². The second-order valence-corrected chi connectivity index (χ2v) is 4.07. The van der Waals surface area contributed by atoms with Gasteiger partial charge in [-0.3, -0.25) is 0 Å². The van der Waals surface area contributed by atoms with E-state index in [1.54, 1.807) is 6.20 Å². The minimum atomic E-state index is 0.0733. The third kappa shape index (κ3) is 4.45. The van der Waals surface area contributed by atoms with Crippen LogP contribution in [0.5, 0.6) is 0 Å². The molecule has 0 aliphatic heterocycles. The van der Waals surface area contributed by atoms with Crippen molar-refractivity contribution in [2.45, 2.75) is 58.9 Å². The molecule has 0 heterocycles. The van der Waals surface area contributed by atoms with Crippen LogP contribution in [0, 0.1) is 0 Å². The van der Waals surface area contributed by atoms with Gasteiger partial charge in [0.15, 0.2) is 0 Å². The number of hydrogen-bond donors (Lipinski definition) is 0. The molecule has 0 radical (unpaired) electrons. The van der Waals surface area contributed by atoms with Crippen molar-refractivity contribution in [2.24, 2.45) is 10.3 Å². The Morgan fingerprint density at radius 3 is 2.07 bits per heavy atom. The normalized spacial score (nSPS) is 12.0. The highest BCUT2D eigenvalue weighted by Crippen LogP contribution is 2.27. The highest BCUT2D eigenvalue weighted by Gasteiger charge is 2.28. The molecule has 0 aliphatic carbocycles. The molecule has 0 unspecified atom stereocenters. The van der Waals surface area contributed by atoms with Crippen LogP contribution >= 0.6 is 0 Å². The molecule has 0 bridgehead atoms. The van der Waals surface area contributed by atoms with Gasteiger partial charge >= 0.3 is 0 Å². The Balaban J connectivity index is 4.66. The first-order chi connectivity index (χ1) is 7.14. The molecule has 0 spiro atoms. The summed E-state index contributed by atoms with van der Waals surface area (Å²) in [6.45, 7) is 13.2. The molecular weight excluding hydrogens is 186 g/mol. The van der Waals surface area contributed by atoms with Crippen LogP contribution in [0.4, 0.5) is 0 Å². The van der Waals surface area contributed by atoms with E-state index in [1.165, 1.54) is 0 Å². The second kappa shape index (κ2) is 7.43. The fourth-order valence-corrected chi connectivity index (χ4v) is 1.93. The SMILES string of the molecule is C=CN(N=NCC)C(C)(CCC)CCC. The lowest BCUT2D eigenvalue weighted by molar-refractivity contribution is 0.132. The Hall–Kier alpha value is -0.860. The second-order valence-electron chi connectivity index (χ2n) is 4.07. The first-order valence-electron chi connectivity index (χ1n) is 5.93. The molecule has 0 aromatic carbocycles. The van der Waals surface area contributed by atoms with Crippen molar-refractivity contribution in [2.75, 3.05) is 6.54 Å². The zero-order valence-corrected chi connectivity index (χ0v) is 10.7. The zero-order valence-electron chi connectivity index (χ0n) is 10.7. The van der Waals surface area contributed by atoms with Crippen molar-refractivity contribution in [3.63, 3.8) is 0 Å². The molecule has 3 nitrogen and oxygen atoms in total.